The zero-order valence-electron chi connectivity index (χ0n) is 9.67. The van der Waals surface area contributed by atoms with E-state index in [9.17, 15) is 4.39 Å². The lowest BCUT2D eigenvalue weighted by atomic mass is 10.1. The maximum Gasteiger partial charge on any atom is 0.165 e. The third-order valence-electron chi connectivity index (χ3n) is 2.26. The first kappa shape index (κ1) is 12.0. The van der Waals surface area contributed by atoms with Gasteiger partial charge in [0.25, 0.3) is 0 Å². The Bertz CT molecular complexity index is 325. The predicted octanol–water partition coefficient (Wildman–Crippen LogP) is 2.89. The molecule has 0 aliphatic carbocycles. The van der Waals surface area contributed by atoms with Crippen molar-refractivity contribution in [3.63, 3.8) is 0 Å². The first-order valence-corrected chi connectivity index (χ1v) is 5.14. The van der Waals surface area contributed by atoms with Gasteiger partial charge in [0.2, 0.25) is 0 Å². The highest BCUT2D eigenvalue weighted by Crippen LogP contribution is 2.21. The van der Waals surface area contributed by atoms with Crippen LogP contribution in [0.15, 0.2) is 18.2 Å². The summed E-state index contributed by atoms with van der Waals surface area (Å²) in [5.74, 6) is -0.0251. The van der Waals surface area contributed by atoms with Gasteiger partial charge in [-0.05, 0) is 24.6 Å². The number of nitrogens with one attached hydrogen (secondary N) is 1. The number of hydrogen-bond acceptors (Lipinski definition) is 2. The summed E-state index contributed by atoms with van der Waals surface area (Å²) in [6, 6.07) is 5.57. The van der Waals surface area contributed by atoms with Gasteiger partial charge in [-0.15, -0.1) is 0 Å². The fourth-order valence-electron chi connectivity index (χ4n) is 1.55. The summed E-state index contributed by atoms with van der Waals surface area (Å²) >= 11 is 0. The molecule has 0 aromatic heterocycles. The summed E-state index contributed by atoms with van der Waals surface area (Å²) in [7, 11) is 1.47. The van der Waals surface area contributed by atoms with Crippen molar-refractivity contribution in [2.45, 2.75) is 32.9 Å². The summed E-state index contributed by atoms with van der Waals surface area (Å²) in [5, 5.41) is 3.32. The molecule has 1 atom stereocenters. The van der Waals surface area contributed by atoms with Crippen molar-refractivity contribution in [1.82, 2.24) is 5.32 Å². The molecular weight excluding hydrogens is 193 g/mol. The summed E-state index contributed by atoms with van der Waals surface area (Å²) in [6.45, 7) is 6.15. The second kappa shape index (κ2) is 5.12. The van der Waals surface area contributed by atoms with Gasteiger partial charge in [0.05, 0.1) is 7.11 Å². The number of halogens is 1. The smallest absolute Gasteiger partial charge is 0.165 e. The van der Waals surface area contributed by atoms with E-state index in [0.29, 0.717) is 6.04 Å². The van der Waals surface area contributed by atoms with Crippen molar-refractivity contribution < 1.29 is 9.13 Å². The summed E-state index contributed by atoms with van der Waals surface area (Å²) in [4.78, 5) is 0. The third-order valence-corrected chi connectivity index (χ3v) is 2.26. The van der Waals surface area contributed by atoms with Crippen LogP contribution in [0.4, 0.5) is 4.39 Å². The number of ether oxygens (including phenoxy) is 1. The van der Waals surface area contributed by atoms with Crippen LogP contribution in [0, 0.1) is 5.82 Å². The van der Waals surface area contributed by atoms with Crippen LogP contribution in [0.1, 0.15) is 32.4 Å². The average molecular weight is 211 g/mol. The Kier molecular flexibility index (Phi) is 4.09. The summed E-state index contributed by atoms with van der Waals surface area (Å²) in [6.07, 6.45) is 0. The Morgan fingerprint density at radius 3 is 2.40 bits per heavy atom. The van der Waals surface area contributed by atoms with Crippen molar-refractivity contribution in [3.8, 4) is 5.75 Å². The molecule has 0 aliphatic heterocycles. The van der Waals surface area contributed by atoms with Gasteiger partial charge < -0.3 is 10.1 Å². The Morgan fingerprint density at radius 2 is 1.93 bits per heavy atom. The topological polar surface area (TPSA) is 21.3 Å². The van der Waals surface area contributed by atoms with Gasteiger partial charge in [-0.1, -0.05) is 19.9 Å². The molecule has 0 saturated carbocycles. The monoisotopic (exact) mass is 211 g/mol. The maximum atomic E-state index is 13.4. The molecule has 0 heterocycles. The minimum absolute atomic E-state index is 0.144. The summed E-state index contributed by atoms with van der Waals surface area (Å²) < 4.78 is 18.3. The van der Waals surface area contributed by atoms with Gasteiger partial charge in [-0.3, -0.25) is 0 Å². The van der Waals surface area contributed by atoms with Crippen molar-refractivity contribution in [2.24, 2.45) is 0 Å². The molecule has 0 saturated heterocycles. The molecule has 84 valence electrons. The van der Waals surface area contributed by atoms with E-state index in [0.717, 1.165) is 5.56 Å². The van der Waals surface area contributed by atoms with Crippen LogP contribution in [0.5, 0.6) is 5.75 Å². The highest BCUT2D eigenvalue weighted by Gasteiger charge is 2.09. The van der Waals surface area contributed by atoms with Gasteiger partial charge >= 0.3 is 0 Å². The van der Waals surface area contributed by atoms with Crippen molar-refractivity contribution in [2.75, 3.05) is 7.11 Å². The Morgan fingerprint density at radius 1 is 1.27 bits per heavy atom. The van der Waals surface area contributed by atoms with Gasteiger partial charge in [0, 0.05) is 12.1 Å². The lowest BCUT2D eigenvalue weighted by Gasteiger charge is -2.17. The molecule has 0 fully saturated rings. The van der Waals surface area contributed by atoms with E-state index in [2.05, 4.69) is 19.2 Å². The molecule has 0 spiro atoms. The van der Waals surface area contributed by atoms with E-state index >= 15 is 0 Å². The number of benzene rings is 1. The first-order chi connectivity index (χ1) is 7.04. The fraction of sp³-hybridized carbons (Fsp3) is 0.500. The van der Waals surface area contributed by atoms with Gasteiger partial charge in [-0.25, -0.2) is 4.39 Å². The second-order valence-electron chi connectivity index (χ2n) is 3.94. The fourth-order valence-corrected chi connectivity index (χ4v) is 1.55. The SMILES string of the molecule is COc1ccc([C@@H](C)NC(C)C)cc1F. The largest absolute Gasteiger partial charge is 0.494 e. The molecule has 15 heavy (non-hydrogen) atoms. The van der Waals surface area contributed by atoms with E-state index in [1.165, 1.54) is 13.2 Å². The zero-order valence-corrected chi connectivity index (χ0v) is 9.67. The molecular formula is C12H18FNO. The van der Waals surface area contributed by atoms with E-state index in [4.69, 9.17) is 4.74 Å². The van der Waals surface area contributed by atoms with Crippen molar-refractivity contribution >= 4 is 0 Å². The average Bonchev–Trinajstić information content (AvgIpc) is 2.16. The van der Waals surface area contributed by atoms with Crippen molar-refractivity contribution in [1.29, 1.82) is 0 Å². The molecule has 0 aliphatic rings. The maximum absolute atomic E-state index is 13.4. The van der Waals surface area contributed by atoms with Crippen LogP contribution in [0.3, 0.4) is 0 Å². The highest BCUT2D eigenvalue weighted by molar-refractivity contribution is 5.30. The zero-order chi connectivity index (χ0) is 11.4. The van der Waals surface area contributed by atoms with Crippen LogP contribution in [0.2, 0.25) is 0 Å². The second-order valence-corrected chi connectivity index (χ2v) is 3.94. The van der Waals surface area contributed by atoms with Crippen LogP contribution in [0.25, 0.3) is 0 Å². The van der Waals surface area contributed by atoms with E-state index in [1.807, 2.05) is 13.0 Å². The number of rotatable bonds is 4. The molecule has 1 aromatic rings. The minimum atomic E-state index is -0.313. The normalized spacial score (nSPS) is 12.9. The highest BCUT2D eigenvalue weighted by atomic mass is 19.1. The Hall–Kier alpha value is -1.09. The molecule has 0 bridgehead atoms. The molecule has 0 unspecified atom stereocenters. The van der Waals surface area contributed by atoms with E-state index in [-0.39, 0.29) is 17.6 Å². The Balaban J connectivity index is 2.82. The number of hydrogen-bond donors (Lipinski definition) is 1. The van der Waals surface area contributed by atoms with Gasteiger partial charge in [-0.2, -0.15) is 0 Å². The predicted molar refractivity (Wildman–Crippen MR) is 59.6 cm³/mol. The number of methoxy groups -OCH3 is 1. The first-order valence-electron chi connectivity index (χ1n) is 5.14. The lowest BCUT2D eigenvalue weighted by molar-refractivity contribution is 0.385. The minimum Gasteiger partial charge on any atom is -0.494 e. The van der Waals surface area contributed by atoms with Crippen molar-refractivity contribution in [3.05, 3.63) is 29.6 Å². The summed E-state index contributed by atoms with van der Waals surface area (Å²) in [5.41, 5.74) is 0.932. The van der Waals surface area contributed by atoms with Gasteiger partial charge in [0.1, 0.15) is 0 Å². The Labute approximate surface area is 90.4 Å². The van der Waals surface area contributed by atoms with E-state index < -0.39 is 0 Å². The molecule has 1 rings (SSSR count). The quantitative estimate of drug-likeness (QED) is 0.826. The molecule has 2 nitrogen and oxygen atoms in total. The molecule has 0 radical (unpaired) electrons. The van der Waals surface area contributed by atoms with Gasteiger partial charge in [0.15, 0.2) is 11.6 Å². The van der Waals surface area contributed by atoms with Crippen LogP contribution in [-0.4, -0.2) is 13.2 Å². The van der Waals surface area contributed by atoms with E-state index in [1.54, 1.807) is 6.07 Å². The third kappa shape index (κ3) is 3.20. The standard InChI is InChI=1S/C12H18FNO/c1-8(2)14-9(3)10-5-6-12(15-4)11(13)7-10/h5-9,14H,1-4H3/t9-/m1/s1. The lowest BCUT2D eigenvalue weighted by Crippen LogP contribution is -2.26. The van der Waals surface area contributed by atoms with Crippen LogP contribution >= 0.6 is 0 Å². The molecule has 1 N–H and O–H groups in total. The molecule has 1 aromatic carbocycles. The molecule has 0 amide bonds. The molecule has 3 heteroatoms. The van der Waals surface area contributed by atoms with Crippen LogP contribution in [-0.2, 0) is 0 Å². The van der Waals surface area contributed by atoms with Crippen LogP contribution < -0.4 is 10.1 Å².